The van der Waals surface area contributed by atoms with Gasteiger partial charge >= 0.3 is 29.8 Å². The fourth-order valence-corrected chi connectivity index (χ4v) is 9.96. The fourth-order valence-electron chi connectivity index (χ4n) is 9.96. The number of nitrogens with zero attached hydrogens (tertiary/aromatic N) is 1. The number of benzene rings is 1. The third-order valence-electron chi connectivity index (χ3n) is 13.6. The van der Waals surface area contributed by atoms with Gasteiger partial charge in [-0.15, -0.1) is 0 Å². The Kier molecular flexibility index (Phi) is 25.2. The van der Waals surface area contributed by atoms with Crippen molar-refractivity contribution in [2.45, 2.75) is 168 Å². The maximum Gasteiger partial charge on any atom is 0.331 e. The molecule has 4 rings (SSSR count). The highest BCUT2D eigenvalue weighted by Gasteiger charge is 2.52. The Hall–Kier alpha value is -5.41. The fraction of sp³-hybridized carbons (Fsp3) is 0.625. The van der Waals surface area contributed by atoms with Gasteiger partial charge in [-0.25, -0.2) is 4.79 Å². The standard InChI is InChI=1S/C56H79NO18/c1-14-44-42(31-67-55-54(66-13)53(65-12)51(36(6)68-55)71-38(8)60)28-32(2)23-25-43(62)33(3)29-41(22-18-19-27-58)49(34(4)45(30-47(64)73-44)74-46(63)26-24-40-20-16-15-17-21-40)75-56-52(72-39(9)61)48(57(10)11)50(35(5)69-56)70-37(7)59/h15-21,23-28,33-36,41-42,44-45,48-56H,14,22,29-31H2,1-13H3/b19-18+,25-23+,26-24+,32-28+/t33-,34+,35+,36-,41+,42-,44-,45-,48-,49-,50+,51-,52+,53-,54-,55-,56-/m1/s1. The monoisotopic (exact) mass is 1050 g/mol. The summed E-state index contributed by atoms with van der Waals surface area (Å²) in [5, 5.41) is 0. The second kappa shape index (κ2) is 30.4. The zero-order valence-electron chi connectivity index (χ0n) is 45.7. The van der Waals surface area contributed by atoms with Gasteiger partial charge in [0.05, 0.1) is 37.4 Å². The highest BCUT2D eigenvalue weighted by molar-refractivity contribution is 5.92. The van der Waals surface area contributed by atoms with Crippen LogP contribution in [0.3, 0.4) is 0 Å². The molecule has 2 fully saturated rings. The molecule has 19 nitrogen and oxygen atoms in total. The molecule has 0 bridgehead atoms. The molecule has 19 heteroatoms. The maximum atomic E-state index is 14.6. The molecule has 0 N–H and O–H groups in total. The SMILES string of the molecule is CC[C@H]1OC(=O)C[C@@H](OC(=O)/C=C/c2ccccc2)[C@H](C)[C@@H](O[C@H]2O[C@@H](C)[C@H](OC(C)=O)[C@@H](N(C)C)[C@@H]2OC(C)=O)[C@@H](C/C=C/C=O)C[C@@H](C)C(=O)/C=C/C(C)=C/[C@@H]1CO[C@@H]1O[C@H](C)[C@@H](OC(C)=O)[C@@H](OC)[C@H]1OC. The number of hydrogen-bond donors (Lipinski definition) is 0. The van der Waals surface area contributed by atoms with E-state index in [-0.39, 0.29) is 25.2 Å². The van der Waals surface area contributed by atoms with Gasteiger partial charge in [0.25, 0.3) is 0 Å². The lowest BCUT2D eigenvalue weighted by Crippen LogP contribution is -2.65. The van der Waals surface area contributed by atoms with Crippen molar-refractivity contribution < 1.29 is 85.7 Å². The lowest BCUT2D eigenvalue weighted by Gasteiger charge is -2.48. The van der Waals surface area contributed by atoms with E-state index in [1.54, 1.807) is 84.0 Å². The largest absolute Gasteiger partial charge is 0.462 e. The number of cyclic esters (lactones) is 1. The summed E-state index contributed by atoms with van der Waals surface area (Å²) in [6.07, 6.45) is 0.0375. The molecule has 3 aliphatic heterocycles. The second-order valence-electron chi connectivity index (χ2n) is 19.7. The molecule has 75 heavy (non-hydrogen) atoms. The normalized spacial score (nSPS) is 34.5. The Morgan fingerprint density at radius 1 is 0.773 bits per heavy atom. The molecule has 0 amide bonds. The van der Waals surface area contributed by atoms with Crippen LogP contribution < -0.4 is 0 Å². The minimum atomic E-state index is -1.34. The van der Waals surface area contributed by atoms with Gasteiger partial charge in [-0.2, -0.15) is 0 Å². The molecule has 0 saturated carbocycles. The Morgan fingerprint density at radius 2 is 1.39 bits per heavy atom. The molecule has 3 heterocycles. The average molecular weight is 1050 g/mol. The summed E-state index contributed by atoms with van der Waals surface area (Å²) < 4.78 is 67.5. The summed E-state index contributed by atoms with van der Waals surface area (Å²) >= 11 is 0. The molecule has 416 valence electrons. The van der Waals surface area contributed by atoms with Crippen LogP contribution in [0.2, 0.25) is 0 Å². The Labute approximate surface area is 441 Å². The van der Waals surface area contributed by atoms with Crippen LogP contribution in [0.1, 0.15) is 93.6 Å². The van der Waals surface area contributed by atoms with E-state index in [2.05, 4.69) is 0 Å². The molecule has 0 aliphatic carbocycles. The maximum absolute atomic E-state index is 14.6. The van der Waals surface area contributed by atoms with E-state index in [0.717, 1.165) is 0 Å². The Balaban J connectivity index is 1.86. The highest BCUT2D eigenvalue weighted by atomic mass is 16.7. The van der Waals surface area contributed by atoms with Gasteiger partial charge in [-0.05, 0) is 83.8 Å². The summed E-state index contributed by atoms with van der Waals surface area (Å²) in [6.45, 7) is 14.3. The molecular weight excluding hydrogens is 975 g/mol. The molecule has 0 radical (unpaired) electrons. The highest BCUT2D eigenvalue weighted by Crippen LogP contribution is 2.38. The lowest BCUT2D eigenvalue weighted by molar-refractivity contribution is -0.308. The summed E-state index contributed by atoms with van der Waals surface area (Å²) in [5.41, 5.74) is 1.37. The number of methoxy groups -OCH3 is 2. The average Bonchev–Trinajstić information content (AvgIpc) is 3.35. The minimum absolute atomic E-state index is 0.0756. The minimum Gasteiger partial charge on any atom is -0.462 e. The number of likely N-dealkylation sites (N-methyl/N-ethyl adjacent to an activating group) is 1. The first-order valence-corrected chi connectivity index (χ1v) is 25.6. The summed E-state index contributed by atoms with van der Waals surface area (Å²) in [5.74, 6) is -6.37. The van der Waals surface area contributed by atoms with E-state index in [4.69, 9.17) is 52.1 Å². The van der Waals surface area contributed by atoms with Gasteiger partial charge in [-0.1, -0.05) is 74.9 Å². The number of ketones is 1. The van der Waals surface area contributed by atoms with Gasteiger partial charge < -0.3 is 52.1 Å². The van der Waals surface area contributed by atoms with Crippen molar-refractivity contribution in [2.24, 2.45) is 23.7 Å². The number of rotatable bonds is 18. The van der Waals surface area contributed by atoms with E-state index in [0.29, 0.717) is 23.8 Å². The molecule has 0 spiro atoms. The van der Waals surface area contributed by atoms with Gasteiger partial charge in [0.2, 0.25) is 0 Å². The van der Waals surface area contributed by atoms with E-state index in [1.807, 2.05) is 31.2 Å². The second-order valence-corrected chi connectivity index (χ2v) is 19.7. The van der Waals surface area contributed by atoms with E-state index >= 15 is 0 Å². The molecule has 0 aromatic heterocycles. The predicted molar refractivity (Wildman–Crippen MR) is 273 cm³/mol. The summed E-state index contributed by atoms with van der Waals surface area (Å²) in [6, 6.07) is 8.29. The number of esters is 5. The third-order valence-corrected chi connectivity index (χ3v) is 13.6. The van der Waals surface area contributed by atoms with Gasteiger partial charge in [0.15, 0.2) is 30.6 Å². The number of hydrogen-bond acceptors (Lipinski definition) is 19. The van der Waals surface area contributed by atoms with E-state index < -0.39 is 140 Å². The smallest absolute Gasteiger partial charge is 0.331 e. The first-order valence-electron chi connectivity index (χ1n) is 25.6. The van der Waals surface area contributed by atoms with Gasteiger partial charge in [0, 0.05) is 58.8 Å². The zero-order valence-corrected chi connectivity index (χ0v) is 45.7. The van der Waals surface area contributed by atoms with Crippen molar-refractivity contribution in [1.29, 1.82) is 0 Å². The van der Waals surface area contributed by atoms with E-state index in [1.165, 1.54) is 53.2 Å². The van der Waals surface area contributed by atoms with Crippen LogP contribution in [0, 0.1) is 23.7 Å². The van der Waals surface area contributed by atoms with Crippen LogP contribution in [0.4, 0.5) is 0 Å². The van der Waals surface area contributed by atoms with Crippen LogP contribution in [-0.2, 0) is 85.7 Å². The first-order chi connectivity index (χ1) is 35.6. The molecule has 0 unspecified atom stereocenters. The van der Waals surface area contributed by atoms with Crippen LogP contribution in [-0.4, -0.2) is 161 Å². The van der Waals surface area contributed by atoms with Crippen molar-refractivity contribution in [3.8, 4) is 0 Å². The Bertz CT molecular complexity index is 2170. The topological polar surface area (TPSA) is 224 Å². The predicted octanol–water partition coefficient (Wildman–Crippen LogP) is 6.10. The van der Waals surface area contributed by atoms with Crippen LogP contribution in [0.5, 0.6) is 0 Å². The molecule has 1 aromatic carbocycles. The van der Waals surface area contributed by atoms with Gasteiger partial charge in [-0.3, -0.25) is 33.7 Å². The van der Waals surface area contributed by atoms with Crippen molar-refractivity contribution in [2.75, 3.05) is 34.9 Å². The number of aldehydes is 1. The zero-order chi connectivity index (χ0) is 55.5. The van der Waals surface area contributed by atoms with Crippen molar-refractivity contribution in [3.63, 3.8) is 0 Å². The number of carbonyl (C=O) groups is 7. The van der Waals surface area contributed by atoms with E-state index in [9.17, 15) is 33.6 Å². The molecule has 2 saturated heterocycles. The quantitative estimate of drug-likeness (QED) is 0.0701. The molecular formula is C56H79NO18. The molecule has 1 aromatic rings. The van der Waals surface area contributed by atoms with Crippen LogP contribution >= 0.6 is 0 Å². The van der Waals surface area contributed by atoms with Crippen molar-refractivity contribution in [1.82, 2.24) is 4.90 Å². The Morgan fingerprint density at radius 3 is 1.99 bits per heavy atom. The van der Waals surface area contributed by atoms with Crippen molar-refractivity contribution in [3.05, 3.63) is 77.9 Å². The summed E-state index contributed by atoms with van der Waals surface area (Å²) in [4.78, 5) is 93.5. The first kappa shape index (κ1) is 62.1. The van der Waals surface area contributed by atoms with Crippen molar-refractivity contribution >= 4 is 48.0 Å². The summed E-state index contributed by atoms with van der Waals surface area (Å²) in [7, 11) is 6.39. The van der Waals surface area contributed by atoms with Crippen LogP contribution in [0.15, 0.2) is 72.4 Å². The number of allylic oxidation sites excluding steroid dienone is 5. The molecule has 17 atom stereocenters. The number of carbonyl (C=O) groups excluding carboxylic acids is 7. The lowest BCUT2D eigenvalue weighted by atomic mass is 9.79. The number of ether oxygens (including phenoxy) is 11. The van der Waals surface area contributed by atoms with Gasteiger partial charge in [0.1, 0.15) is 36.8 Å². The molecule has 3 aliphatic rings. The third kappa shape index (κ3) is 18.4. The van der Waals surface area contributed by atoms with Crippen LogP contribution in [0.25, 0.3) is 6.08 Å².